The Kier molecular flexibility index (Phi) is 5.18. The van der Waals surface area contributed by atoms with Crippen LogP contribution in [0.4, 0.5) is 0 Å². The predicted octanol–water partition coefficient (Wildman–Crippen LogP) is 2.54. The molecule has 7 heteroatoms. The summed E-state index contributed by atoms with van der Waals surface area (Å²) in [6.07, 6.45) is 0.683. The minimum absolute atomic E-state index is 0.0110. The topological polar surface area (TPSA) is 77.1 Å². The Hall–Kier alpha value is -2.18. The van der Waals surface area contributed by atoms with Gasteiger partial charge in [-0.3, -0.25) is 9.48 Å². The van der Waals surface area contributed by atoms with Crippen molar-refractivity contribution in [3.8, 4) is 0 Å². The fourth-order valence-corrected chi connectivity index (χ4v) is 2.25. The van der Waals surface area contributed by atoms with Gasteiger partial charge in [-0.1, -0.05) is 20.8 Å². The van der Waals surface area contributed by atoms with Crippen molar-refractivity contribution < 1.29 is 9.21 Å². The minimum atomic E-state index is -0.0850. The first-order valence-electron chi connectivity index (χ1n) is 7.99. The molecule has 0 N–H and O–H groups in total. The molecule has 0 atom stereocenters. The largest absolute Gasteiger partial charge is 0.423 e. The van der Waals surface area contributed by atoms with E-state index in [1.807, 2.05) is 26.8 Å². The molecule has 0 spiro atoms. The summed E-state index contributed by atoms with van der Waals surface area (Å²) in [5.41, 5.74) is 1.48. The molecule has 1 amide bonds. The van der Waals surface area contributed by atoms with E-state index >= 15 is 0 Å². The summed E-state index contributed by atoms with van der Waals surface area (Å²) in [7, 11) is 1.79. The van der Waals surface area contributed by atoms with Gasteiger partial charge in [0.05, 0.1) is 12.2 Å². The first-order valence-corrected chi connectivity index (χ1v) is 7.99. The number of nitrogens with zero attached hydrogens (tertiary/aromatic N) is 5. The molecule has 0 aromatic carbocycles. The molecule has 0 fully saturated rings. The van der Waals surface area contributed by atoms with Crippen molar-refractivity contribution >= 4 is 5.91 Å². The Morgan fingerprint density at radius 2 is 1.91 bits per heavy atom. The molecule has 0 aliphatic carbocycles. The van der Waals surface area contributed by atoms with Crippen molar-refractivity contribution in [3.05, 3.63) is 29.2 Å². The van der Waals surface area contributed by atoms with Crippen LogP contribution in [0.25, 0.3) is 0 Å². The Morgan fingerprint density at radius 3 is 2.39 bits per heavy atom. The van der Waals surface area contributed by atoms with Crippen LogP contribution in [0.3, 0.4) is 0 Å². The summed E-state index contributed by atoms with van der Waals surface area (Å²) in [6, 6.07) is 1.87. The molecule has 0 saturated carbocycles. The number of carbonyl (C=O) groups excluding carboxylic acids is 1. The van der Waals surface area contributed by atoms with Crippen LogP contribution in [0.5, 0.6) is 0 Å². The summed E-state index contributed by atoms with van der Waals surface area (Å²) < 4.78 is 7.17. The van der Waals surface area contributed by atoms with Crippen LogP contribution in [0.1, 0.15) is 68.5 Å². The molecule has 0 radical (unpaired) electrons. The van der Waals surface area contributed by atoms with Gasteiger partial charge >= 0.3 is 0 Å². The molecule has 23 heavy (non-hydrogen) atoms. The third kappa shape index (κ3) is 3.78. The van der Waals surface area contributed by atoms with Gasteiger partial charge in [-0.15, -0.1) is 10.2 Å². The van der Waals surface area contributed by atoms with E-state index in [9.17, 15) is 4.79 Å². The molecule has 7 nitrogen and oxygen atoms in total. The van der Waals surface area contributed by atoms with Crippen LogP contribution in [-0.4, -0.2) is 36.8 Å². The highest BCUT2D eigenvalue weighted by molar-refractivity contribution is 5.92. The van der Waals surface area contributed by atoms with Crippen LogP contribution in [0.2, 0.25) is 0 Å². The molecule has 2 heterocycles. The number of amides is 1. The molecule has 2 aromatic heterocycles. The SMILES string of the molecule is CCc1nnc(CN(C(=O)c2cc(C(C)C)nn2C)C(C)C)o1. The van der Waals surface area contributed by atoms with Gasteiger partial charge in [0.1, 0.15) is 5.69 Å². The van der Waals surface area contributed by atoms with Gasteiger partial charge in [0.25, 0.3) is 5.91 Å². The van der Waals surface area contributed by atoms with Gasteiger partial charge in [0.2, 0.25) is 11.8 Å². The molecule has 2 rings (SSSR count). The number of aryl methyl sites for hydroxylation is 2. The van der Waals surface area contributed by atoms with Gasteiger partial charge in [-0.05, 0) is 25.8 Å². The highest BCUT2D eigenvalue weighted by atomic mass is 16.4. The molecule has 126 valence electrons. The molecule has 0 unspecified atom stereocenters. The molecule has 0 saturated heterocycles. The van der Waals surface area contributed by atoms with Crippen LogP contribution in [0.15, 0.2) is 10.5 Å². The maximum atomic E-state index is 12.9. The Balaban J connectivity index is 2.24. The zero-order valence-corrected chi connectivity index (χ0v) is 14.7. The van der Waals surface area contributed by atoms with Crippen molar-refractivity contribution in [2.45, 2.75) is 59.5 Å². The highest BCUT2D eigenvalue weighted by Crippen LogP contribution is 2.17. The third-order valence-electron chi connectivity index (χ3n) is 3.71. The molecular formula is C16H25N5O2. The van der Waals surface area contributed by atoms with Gasteiger partial charge < -0.3 is 9.32 Å². The lowest BCUT2D eigenvalue weighted by molar-refractivity contribution is 0.0660. The Labute approximate surface area is 136 Å². The van der Waals surface area contributed by atoms with E-state index in [-0.39, 0.29) is 17.9 Å². The van der Waals surface area contributed by atoms with Gasteiger partial charge in [0.15, 0.2) is 0 Å². The van der Waals surface area contributed by atoms with E-state index in [1.165, 1.54) is 0 Å². The maximum Gasteiger partial charge on any atom is 0.272 e. The molecule has 0 bridgehead atoms. The summed E-state index contributed by atoms with van der Waals surface area (Å²) in [5.74, 6) is 1.23. The number of rotatable bonds is 6. The zero-order chi connectivity index (χ0) is 17.1. The Bertz CT molecular complexity index is 672. The fourth-order valence-electron chi connectivity index (χ4n) is 2.25. The average Bonchev–Trinajstić information content (AvgIpc) is 3.10. The van der Waals surface area contributed by atoms with Crippen LogP contribution < -0.4 is 0 Å². The second-order valence-electron chi connectivity index (χ2n) is 6.20. The highest BCUT2D eigenvalue weighted by Gasteiger charge is 2.25. The normalized spacial score (nSPS) is 11.5. The maximum absolute atomic E-state index is 12.9. The van der Waals surface area contributed by atoms with E-state index in [0.717, 1.165) is 5.69 Å². The van der Waals surface area contributed by atoms with Crippen molar-refractivity contribution in [1.82, 2.24) is 24.9 Å². The van der Waals surface area contributed by atoms with E-state index in [0.29, 0.717) is 30.4 Å². The predicted molar refractivity (Wildman–Crippen MR) is 86.0 cm³/mol. The second-order valence-corrected chi connectivity index (χ2v) is 6.20. The minimum Gasteiger partial charge on any atom is -0.423 e. The third-order valence-corrected chi connectivity index (χ3v) is 3.71. The number of hydrogen-bond donors (Lipinski definition) is 0. The second kappa shape index (κ2) is 6.93. The summed E-state index contributed by atoms with van der Waals surface area (Å²) >= 11 is 0. The Morgan fingerprint density at radius 1 is 1.26 bits per heavy atom. The summed E-state index contributed by atoms with van der Waals surface area (Å²) in [5, 5.41) is 12.4. The average molecular weight is 319 g/mol. The first-order chi connectivity index (χ1) is 10.8. The van der Waals surface area contributed by atoms with Crippen LogP contribution >= 0.6 is 0 Å². The quantitative estimate of drug-likeness (QED) is 0.817. The molecular weight excluding hydrogens is 294 g/mol. The fraction of sp³-hybridized carbons (Fsp3) is 0.625. The van der Waals surface area contributed by atoms with Crippen molar-refractivity contribution in [2.75, 3.05) is 0 Å². The standard InChI is InChI=1S/C16H25N5O2/c1-7-14-17-18-15(23-14)9-21(11(4)5)16(22)13-8-12(10(2)3)19-20(13)6/h8,10-11H,7,9H2,1-6H3. The molecule has 0 aliphatic heterocycles. The monoisotopic (exact) mass is 319 g/mol. The van der Waals surface area contributed by atoms with Crippen molar-refractivity contribution in [3.63, 3.8) is 0 Å². The number of carbonyl (C=O) groups is 1. The van der Waals surface area contributed by atoms with E-state index in [2.05, 4.69) is 29.1 Å². The lowest BCUT2D eigenvalue weighted by atomic mass is 10.1. The smallest absolute Gasteiger partial charge is 0.272 e. The lowest BCUT2D eigenvalue weighted by Gasteiger charge is -2.25. The lowest BCUT2D eigenvalue weighted by Crippen LogP contribution is -2.37. The van der Waals surface area contributed by atoms with E-state index in [1.54, 1.807) is 16.6 Å². The van der Waals surface area contributed by atoms with Crippen LogP contribution in [0, 0.1) is 0 Å². The number of hydrogen-bond acceptors (Lipinski definition) is 5. The number of aromatic nitrogens is 4. The van der Waals surface area contributed by atoms with Crippen molar-refractivity contribution in [1.29, 1.82) is 0 Å². The molecule has 0 aliphatic rings. The van der Waals surface area contributed by atoms with Crippen molar-refractivity contribution in [2.24, 2.45) is 7.05 Å². The van der Waals surface area contributed by atoms with Gasteiger partial charge in [0, 0.05) is 19.5 Å². The summed E-state index contributed by atoms with van der Waals surface area (Å²) in [4.78, 5) is 14.6. The summed E-state index contributed by atoms with van der Waals surface area (Å²) in [6.45, 7) is 10.3. The van der Waals surface area contributed by atoms with E-state index < -0.39 is 0 Å². The molecule has 2 aromatic rings. The van der Waals surface area contributed by atoms with E-state index in [4.69, 9.17) is 4.42 Å². The zero-order valence-electron chi connectivity index (χ0n) is 14.7. The first kappa shape index (κ1) is 17.2. The van der Waals surface area contributed by atoms with Gasteiger partial charge in [-0.2, -0.15) is 5.10 Å². The van der Waals surface area contributed by atoms with Crippen LogP contribution in [-0.2, 0) is 20.0 Å². The van der Waals surface area contributed by atoms with Gasteiger partial charge in [-0.25, -0.2) is 0 Å².